The highest BCUT2D eigenvalue weighted by atomic mass is 32.1. The van der Waals surface area contributed by atoms with Crippen LogP contribution in [-0.2, 0) is 6.42 Å². The molecule has 0 spiro atoms. The van der Waals surface area contributed by atoms with Crippen LogP contribution in [0.1, 0.15) is 29.8 Å². The van der Waals surface area contributed by atoms with Gasteiger partial charge in [-0.15, -0.1) is 11.3 Å². The SMILES string of the molecule is Cc1nc(-c2ccc(CCCCCO)cc2)cs1. The van der Waals surface area contributed by atoms with Crippen molar-refractivity contribution in [1.82, 2.24) is 4.98 Å². The number of aliphatic hydroxyl groups excluding tert-OH is 1. The van der Waals surface area contributed by atoms with Crippen LogP contribution in [-0.4, -0.2) is 16.7 Å². The van der Waals surface area contributed by atoms with Crippen LogP contribution in [0.25, 0.3) is 11.3 Å². The van der Waals surface area contributed by atoms with Crippen LogP contribution < -0.4 is 0 Å². The lowest BCUT2D eigenvalue weighted by molar-refractivity contribution is 0.283. The zero-order chi connectivity index (χ0) is 12.8. The summed E-state index contributed by atoms with van der Waals surface area (Å²) in [7, 11) is 0. The molecule has 0 unspecified atom stereocenters. The molecule has 0 fully saturated rings. The number of hydrogen-bond acceptors (Lipinski definition) is 3. The summed E-state index contributed by atoms with van der Waals surface area (Å²) in [4.78, 5) is 4.49. The summed E-state index contributed by atoms with van der Waals surface area (Å²) < 4.78 is 0. The maximum atomic E-state index is 8.72. The molecule has 0 aliphatic carbocycles. The first-order chi connectivity index (χ1) is 8.79. The predicted molar refractivity (Wildman–Crippen MR) is 76.9 cm³/mol. The second-order valence-corrected chi connectivity index (χ2v) is 5.55. The van der Waals surface area contributed by atoms with Gasteiger partial charge in [0.15, 0.2) is 0 Å². The van der Waals surface area contributed by atoms with Crippen molar-refractivity contribution in [2.75, 3.05) is 6.61 Å². The first kappa shape index (κ1) is 13.2. The van der Waals surface area contributed by atoms with Gasteiger partial charge in [-0.3, -0.25) is 0 Å². The van der Waals surface area contributed by atoms with Crippen molar-refractivity contribution in [3.63, 3.8) is 0 Å². The van der Waals surface area contributed by atoms with E-state index in [0.717, 1.165) is 36.4 Å². The molecule has 0 radical (unpaired) electrons. The molecular weight excluding hydrogens is 242 g/mol. The third-order valence-corrected chi connectivity index (χ3v) is 3.77. The summed E-state index contributed by atoms with van der Waals surface area (Å²) in [6, 6.07) is 8.66. The molecule has 0 atom stereocenters. The van der Waals surface area contributed by atoms with Crippen LogP contribution in [0.2, 0.25) is 0 Å². The molecule has 0 aliphatic rings. The van der Waals surface area contributed by atoms with Gasteiger partial charge in [-0.25, -0.2) is 4.98 Å². The van der Waals surface area contributed by atoms with E-state index in [4.69, 9.17) is 5.11 Å². The average Bonchev–Trinajstić information content (AvgIpc) is 2.82. The van der Waals surface area contributed by atoms with E-state index in [1.54, 1.807) is 11.3 Å². The highest BCUT2D eigenvalue weighted by Crippen LogP contribution is 2.22. The molecule has 3 heteroatoms. The molecule has 2 nitrogen and oxygen atoms in total. The molecule has 18 heavy (non-hydrogen) atoms. The van der Waals surface area contributed by atoms with Gasteiger partial charge in [0.25, 0.3) is 0 Å². The second kappa shape index (κ2) is 6.66. The van der Waals surface area contributed by atoms with Gasteiger partial charge in [-0.2, -0.15) is 0 Å². The van der Waals surface area contributed by atoms with E-state index in [1.807, 2.05) is 6.92 Å². The number of hydrogen-bond donors (Lipinski definition) is 1. The minimum atomic E-state index is 0.308. The van der Waals surface area contributed by atoms with Gasteiger partial charge in [0, 0.05) is 17.6 Å². The van der Waals surface area contributed by atoms with Crippen LogP contribution in [0, 0.1) is 6.92 Å². The van der Waals surface area contributed by atoms with Crippen molar-refractivity contribution in [3.8, 4) is 11.3 Å². The van der Waals surface area contributed by atoms with E-state index < -0.39 is 0 Å². The molecule has 0 aliphatic heterocycles. The van der Waals surface area contributed by atoms with Gasteiger partial charge in [-0.1, -0.05) is 30.7 Å². The average molecular weight is 261 g/mol. The zero-order valence-corrected chi connectivity index (χ0v) is 11.5. The molecule has 2 aromatic rings. The van der Waals surface area contributed by atoms with Crippen molar-refractivity contribution in [3.05, 3.63) is 40.2 Å². The second-order valence-electron chi connectivity index (χ2n) is 4.48. The van der Waals surface area contributed by atoms with Gasteiger partial charge < -0.3 is 5.11 Å². The molecule has 0 saturated heterocycles. The highest BCUT2D eigenvalue weighted by molar-refractivity contribution is 7.09. The summed E-state index contributed by atoms with van der Waals surface area (Å²) in [5, 5.41) is 11.9. The summed E-state index contributed by atoms with van der Waals surface area (Å²) in [6.45, 7) is 2.34. The van der Waals surface area contributed by atoms with Crippen molar-refractivity contribution in [1.29, 1.82) is 0 Å². The lowest BCUT2D eigenvalue weighted by Gasteiger charge is -2.02. The molecule has 2 rings (SSSR count). The van der Waals surface area contributed by atoms with Crippen molar-refractivity contribution < 1.29 is 5.11 Å². The minimum absolute atomic E-state index is 0.308. The number of aromatic nitrogens is 1. The summed E-state index contributed by atoms with van der Waals surface area (Å²) in [5.74, 6) is 0. The Kier molecular flexibility index (Phi) is 4.90. The third kappa shape index (κ3) is 3.65. The summed E-state index contributed by atoms with van der Waals surface area (Å²) in [6.07, 6.45) is 4.26. The third-order valence-electron chi connectivity index (χ3n) is 2.99. The maximum Gasteiger partial charge on any atom is 0.0901 e. The molecule has 0 saturated carbocycles. The first-order valence-corrected chi connectivity index (χ1v) is 7.30. The van der Waals surface area contributed by atoms with Crippen LogP contribution in [0.4, 0.5) is 0 Å². The van der Waals surface area contributed by atoms with Crippen molar-refractivity contribution in [2.45, 2.75) is 32.6 Å². The standard InChI is InChI=1S/C15H19NOS/c1-12-16-15(11-18-12)14-8-6-13(7-9-14)5-3-2-4-10-17/h6-9,11,17H,2-5,10H2,1H3. The topological polar surface area (TPSA) is 33.1 Å². The molecule has 1 heterocycles. The molecule has 1 N–H and O–H groups in total. The van der Waals surface area contributed by atoms with Crippen molar-refractivity contribution >= 4 is 11.3 Å². The lowest BCUT2D eigenvalue weighted by atomic mass is 10.0. The lowest BCUT2D eigenvalue weighted by Crippen LogP contribution is -1.88. The predicted octanol–water partition coefficient (Wildman–Crippen LogP) is 3.82. The van der Waals surface area contributed by atoms with Crippen LogP contribution in [0.5, 0.6) is 0 Å². The van der Waals surface area contributed by atoms with Gasteiger partial charge in [0.05, 0.1) is 10.7 Å². The Bertz CT molecular complexity index is 475. The fraction of sp³-hybridized carbons (Fsp3) is 0.400. The van der Waals surface area contributed by atoms with E-state index in [1.165, 1.54) is 11.1 Å². The number of benzene rings is 1. The Hall–Kier alpha value is -1.19. The van der Waals surface area contributed by atoms with E-state index in [-0.39, 0.29) is 0 Å². The van der Waals surface area contributed by atoms with Crippen LogP contribution in [0.15, 0.2) is 29.6 Å². The fourth-order valence-electron chi connectivity index (χ4n) is 1.96. The number of unbranched alkanes of at least 4 members (excludes halogenated alkanes) is 2. The number of aryl methyl sites for hydroxylation is 2. The molecule has 0 amide bonds. The monoisotopic (exact) mass is 261 g/mol. The Morgan fingerprint density at radius 1 is 1.11 bits per heavy atom. The largest absolute Gasteiger partial charge is 0.396 e. The van der Waals surface area contributed by atoms with Gasteiger partial charge in [0.1, 0.15) is 0 Å². The number of rotatable bonds is 6. The Balaban J connectivity index is 1.93. The maximum absolute atomic E-state index is 8.72. The van der Waals surface area contributed by atoms with E-state index in [9.17, 15) is 0 Å². The first-order valence-electron chi connectivity index (χ1n) is 6.42. The Morgan fingerprint density at radius 2 is 1.89 bits per heavy atom. The molecular formula is C15H19NOS. The summed E-state index contributed by atoms with van der Waals surface area (Å²) >= 11 is 1.69. The van der Waals surface area contributed by atoms with Crippen LogP contribution in [0.3, 0.4) is 0 Å². The summed E-state index contributed by atoms with van der Waals surface area (Å²) in [5.41, 5.74) is 3.63. The van der Waals surface area contributed by atoms with E-state index >= 15 is 0 Å². The van der Waals surface area contributed by atoms with Crippen molar-refractivity contribution in [2.24, 2.45) is 0 Å². The molecule has 1 aromatic carbocycles. The normalized spacial score (nSPS) is 10.8. The molecule has 96 valence electrons. The molecule has 1 aromatic heterocycles. The van der Waals surface area contributed by atoms with Gasteiger partial charge >= 0.3 is 0 Å². The molecule has 0 bridgehead atoms. The number of thiazole rings is 1. The van der Waals surface area contributed by atoms with Gasteiger partial charge in [-0.05, 0) is 31.7 Å². The van der Waals surface area contributed by atoms with Crippen LogP contribution >= 0.6 is 11.3 Å². The minimum Gasteiger partial charge on any atom is -0.396 e. The van der Waals surface area contributed by atoms with E-state index in [0.29, 0.717) is 6.61 Å². The Morgan fingerprint density at radius 3 is 2.50 bits per heavy atom. The van der Waals surface area contributed by atoms with E-state index in [2.05, 4.69) is 34.6 Å². The Labute approximate surface area is 112 Å². The van der Waals surface area contributed by atoms with Gasteiger partial charge in [0.2, 0.25) is 0 Å². The number of nitrogens with zero attached hydrogens (tertiary/aromatic N) is 1. The highest BCUT2D eigenvalue weighted by Gasteiger charge is 2.01. The fourth-order valence-corrected chi connectivity index (χ4v) is 2.58. The zero-order valence-electron chi connectivity index (χ0n) is 10.7. The quantitative estimate of drug-likeness (QED) is 0.802. The number of aliphatic hydroxyl groups is 1. The smallest absolute Gasteiger partial charge is 0.0901 e.